The lowest BCUT2D eigenvalue weighted by Gasteiger charge is -2.53. The van der Waals surface area contributed by atoms with Gasteiger partial charge < -0.3 is 52.1 Å². The Balaban J connectivity index is 2.17. The van der Waals surface area contributed by atoms with E-state index in [4.69, 9.17) is 52.1 Å². The van der Waals surface area contributed by atoms with Crippen LogP contribution in [0, 0.1) is 0 Å². The van der Waals surface area contributed by atoms with E-state index in [0.717, 1.165) is 12.2 Å². The Morgan fingerprint density at radius 2 is 1.20 bits per heavy atom. The van der Waals surface area contributed by atoms with Crippen molar-refractivity contribution in [1.82, 2.24) is 0 Å². The minimum Gasteiger partial charge on any atom is -0.496 e. The number of ether oxygens (including phenoxy) is 11. The van der Waals surface area contributed by atoms with Crippen molar-refractivity contribution in [2.45, 2.75) is 115 Å². The molecule has 1 aliphatic carbocycles. The molecule has 0 N–H and O–H groups in total. The zero-order chi connectivity index (χ0) is 34.8. The molecule has 3 aliphatic rings. The number of allylic oxidation sites excluding steroid dienone is 2. The Bertz CT molecular complexity index is 1240. The van der Waals surface area contributed by atoms with Crippen molar-refractivity contribution in [3.63, 3.8) is 0 Å². The van der Waals surface area contributed by atoms with Gasteiger partial charge in [0, 0.05) is 12.2 Å². The summed E-state index contributed by atoms with van der Waals surface area (Å²) >= 11 is 0. The van der Waals surface area contributed by atoms with Crippen LogP contribution in [0.5, 0.6) is 0 Å². The summed E-state index contributed by atoms with van der Waals surface area (Å²) in [5.41, 5.74) is -5.09. The van der Waals surface area contributed by atoms with Gasteiger partial charge in [0.15, 0.2) is 41.7 Å². The van der Waals surface area contributed by atoms with E-state index in [-0.39, 0.29) is 11.5 Å². The molecule has 2 unspecified atom stereocenters. The quantitative estimate of drug-likeness (QED) is 0.291. The first-order chi connectivity index (χ1) is 21.1. The normalized spacial score (nSPS) is 25.8. The lowest BCUT2D eigenvalue weighted by molar-refractivity contribution is -0.295. The maximum atomic E-state index is 13.1. The van der Waals surface area contributed by atoms with E-state index in [1.807, 2.05) is 0 Å². The molecule has 2 saturated heterocycles. The predicted molar refractivity (Wildman–Crippen MR) is 152 cm³/mol. The standard InChI is InChI=1S/C30H42O16/c1-27(2,3)43-23(32)38-14-16-19(40-24(33)44-28(4,5)6)20(41-25(34)45-29(7,8)9)21-22(39-16)30(46-26(35)42-21)17(36-10)12-15(31)13-18(30)37-11/h12-13,16,19-22H,14H2,1-11H3/t16-,19+,20?,21?,22+/m0/s1. The molecule has 0 bridgehead atoms. The largest absolute Gasteiger partial charge is 0.510 e. The lowest BCUT2D eigenvalue weighted by atomic mass is 9.78. The molecule has 258 valence electrons. The molecule has 46 heavy (non-hydrogen) atoms. The average molecular weight is 659 g/mol. The van der Waals surface area contributed by atoms with Gasteiger partial charge in [0.25, 0.3) is 5.60 Å². The fourth-order valence-electron chi connectivity index (χ4n) is 4.74. The monoisotopic (exact) mass is 658 g/mol. The fourth-order valence-corrected chi connectivity index (χ4v) is 4.74. The molecule has 1 spiro atoms. The van der Waals surface area contributed by atoms with Gasteiger partial charge in [-0.2, -0.15) is 0 Å². The Morgan fingerprint density at radius 3 is 1.65 bits per heavy atom. The first kappa shape index (κ1) is 36.3. The van der Waals surface area contributed by atoms with Crippen molar-refractivity contribution in [1.29, 1.82) is 0 Å². The van der Waals surface area contributed by atoms with Crippen molar-refractivity contribution in [2.75, 3.05) is 20.8 Å². The fraction of sp³-hybridized carbons (Fsp3) is 0.700. The van der Waals surface area contributed by atoms with Crippen molar-refractivity contribution < 1.29 is 76.1 Å². The Labute approximate surface area is 266 Å². The van der Waals surface area contributed by atoms with Gasteiger partial charge in [-0.15, -0.1) is 0 Å². The highest BCUT2D eigenvalue weighted by molar-refractivity contribution is 6.02. The van der Waals surface area contributed by atoms with Crippen molar-refractivity contribution in [2.24, 2.45) is 0 Å². The topological polar surface area (TPSA) is 187 Å². The summed E-state index contributed by atoms with van der Waals surface area (Å²) in [5, 5.41) is 0. The predicted octanol–water partition coefficient (Wildman–Crippen LogP) is 4.26. The summed E-state index contributed by atoms with van der Waals surface area (Å²) < 4.78 is 60.8. The summed E-state index contributed by atoms with van der Waals surface area (Å²) in [4.78, 5) is 64.2. The molecule has 2 heterocycles. The summed E-state index contributed by atoms with van der Waals surface area (Å²) in [6, 6.07) is 0. The van der Waals surface area contributed by atoms with E-state index in [1.54, 1.807) is 62.3 Å². The van der Waals surface area contributed by atoms with Gasteiger partial charge in [-0.1, -0.05) is 0 Å². The molecule has 0 amide bonds. The second-order valence-corrected chi connectivity index (χ2v) is 13.5. The molecule has 0 radical (unpaired) electrons. The molecule has 3 rings (SSSR count). The van der Waals surface area contributed by atoms with E-state index in [2.05, 4.69) is 0 Å². The van der Waals surface area contributed by atoms with Gasteiger partial charge in [-0.05, 0) is 62.3 Å². The SMILES string of the molecule is COC1=CC(=O)C=C(OC)C12OC(=O)OC1C(OC(=O)OC(C)(C)C)[C@H](OC(=O)OC(C)(C)C)[C@H](COC(=O)OC(C)(C)C)O[C@H]12. The summed E-state index contributed by atoms with van der Waals surface area (Å²) in [5.74, 6) is -1.01. The highest BCUT2D eigenvalue weighted by Crippen LogP contribution is 2.47. The number of carbonyl (C=O) groups is 5. The first-order valence-corrected chi connectivity index (χ1v) is 14.3. The number of hydrogen-bond donors (Lipinski definition) is 0. The number of ketones is 1. The van der Waals surface area contributed by atoms with Crippen LogP contribution >= 0.6 is 0 Å². The van der Waals surface area contributed by atoms with E-state index in [9.17, 15) is 24.0 Å². The van der Waals surface area contributed by atoms with E-state index in [0.29, 0.717) is 0 Å². The van der Waals surface area contributed by atoms with Crippen LogP contribution in [0.4, 0.5) is 19.2 Å². The Morgan fingerprint density at radius 1 is 0.739 bits per heavy atom. The number of hydrogen-bond acceptors (Lipinski definition) is 16. The zero-order valence-corrected chi connectivity index (χ0v) is 27.8. The first-order valence-electron chi connectivity index (χ1n) is 14.3. The lowest BCUT2D eigenvalue weighted by Crippen LogP contribution is -2.72. The number of methoxy groups -OCH3 is 2. The van der Waals surface area contributed by atoms with Gasteiger partial charge in [0.2, 0.25) is 0 Å². The smallest absolute Gasteiger partial charge is 0.496 e. The van der Waals surface area contributed by atoms with E-state index < -0.39 is 89.9 Å². The second kappa shape index (κ2) is 13.3. The molecule has 5 atom stereocenters. The number of rotatable bonds is 6. The highest BCUT2D eigenvalue weighted by Gasteiger charge is 2.68. The second-order valence-electron chi connectivity index (χ2n) is 13.5. The van der Waals surface area contributed by atoms with Crippen LogP contribution < -0.4 is 0 Å². The van der Waals surface area contributed by atoms with Crippen LogP contribution in [0.15, 0.2) is 23.7 Å². The molecule has 0 aromatic rings. The van der Waals surface area contributed by atoms with Gasteiger partial charge >= 0.3 is 24.6 Å². The molecule has 16 heteroatoms. The van der Waals surface area contributed by atoms with Crippen LogP contribution in [0.25, 0.3) is 0 Å². The molecule has 2 fully saturated rings. The van der Waals surface area contributed by atoms with Crippen LogP contribution in [0.3, 0.4) is 0 Å². The van der Waals surface area contributed by atoms with Crippen molar-refractivity contribution in [3.8, 4) is 0 Å². The molecular formula is C30H42O16. The molecule has 0 aromatic heterocycles. The summed E-state index contributed by atoms with van der Waals surface area (Å²) in [6.07, 6.45) is -10.7. The number of carbonyl (C=O) groups excluding carboxylic acids is 5. The van der Waals surface area contributed by atoms with Crippen LogP contribution in [-0.2, 0) is 56.9 Å². The molecule has 16 nitrogen and oxygen atoms in total. The third-order valence-corrected chi connectivity index (χ3v) is 6.23. The minimum atomic E-state index is -2.12. The Hall–Kier alpha value is -4.21. The molecule has 0 saturated carbocycles. The third-order valence-electron chi connectivity index (χ3n) is 6.23. The average Bonchev–Trinajstić information content (AvgIpc) is 2.87. The molecule has 0 aromatic carbocycles. The summed E-state index contributed by atoms with van der Waals surface area (Å²) in [7, 11) is 2.43. The van der Waals surface area contributed by atoms with Gasteiger partial charge in [0.05, 0.1) is 14.2 Å². The highest BCUT2D eigenvalue weighted by atomic mass is 16.8. The van der Waals surface area contributed by atoms with Crippen molar-refractivity contribution >= 4 is 30.4 Å². The number of fused-ring (bicyclic) bond motifs is 2. The van der Waals surface area contributed by atoms with E-state index in [1.165, 1.54) is 14.2 Å². The van der Waals surface area contributed by atoms with Crippen LogP contribution in [-0.4, -0.2) is 104 Å². The third kappa shape index (κ3) is 8.73. The van der Waals surface area contributed by atoms with Crippen molar-refractivity contribution in [3.05, 3.63) is 23.7 Å². The summed E-state index contributed by atoms with van der Waals surface area (Å²) in [6.45, 7) is 13.7. The Kier molecular flexibility index (Phi) is 10.5. The van der Waals surface area contributed by atoms with Gasteiger partial charge in [0.1, 0.15) is 29.5 Å². The minimum absolute atomic E-state index is 0.224. The van der Waals surface area contributed by atoms with E-state index >= 15 is 0 Å². The maximum Gasteiger partial charge on any atom is 0.510 e. The maximum absolute atomic E-state index is 13.1. The molecule has 2 aliphatic heterocycles. The zero-order valence-electron chi connectivity index (χ0n) is 27.8. The molecular weight excluding hydrogens is 616 g/mol. The van der Waals surface area contributed by atoms with Crippen LogP contribution in [0.2, 0.25) is 0 Å². The van der Waals surface area contributed by atoms with Gasteiger partial charge in [-0.25, -0.2) is 19.2 Å². The van der Waals surface area contributed by atoms with Crippen LogP contribution in [0.1, 0.15) is 62.3 Å². The van der Waals surface area contributed by atoms with Gasteiger partial charge in [-0.3, -0.25) is 4.79 Å².